The first-order valence-corrected chi connectivity index (χ1v) is 13.7. The van der Waals surface area contributed by atoms with Crippen LogP contribution in [-0.2, 0) is 27.1 Å². The van der Waals surface area contributed by atoms with Crippen molar-refractivity contribution in [2.75, 3.05) is 25.7 Å². The van der Waals surface area contributed by atoms with Crippen LogP contribution in [0.2, 0.25) is 0 Å². The largest absolute Gasteiger partial charge is 0.496 e. The van der Waals surface area contributed by atoms with Gasteiger partial charge in [-0.3, -0.25) is 0 Å². The lowest BCUT2D eigenvalue weighted by molar-refractivity contribution is 0.407. The highest BCUT2D eigenvalue weighted by atomic mass is 32.2. The molecule has 0 aliphatic carbocycles. The Morgan fingerprint density at radius 2 is 1.00 bits per heavy atom. The van der Waals surface area contributed by atoms with Crippen molar-refractivity contribution in [2.24, 2.45) is 0 Å². The smallest absolute Gasteiger partial charge is 0.126 e. The molecule has 1 aliphatic rings. The molecule has 2 aromatic carbocycles. The summed E-state index contributed by atoms with van der Waals surface area (Å²) in [5.74, 6) is 6.46. The zero-order chi connectivity index (χ0) is 21.0. The molecule has 0 spiro atoms. The predicted molar refractivity (Wildman–Crippen MR) is 142 cm³/mol. The fourth-order valence-electron chi connectivity index (χ4n) is 3.80. The highest BCUT2D eigenvalue weighted by molar-refractivity contribution is 8.20. The Morgan fingerprint density at radius 1 is 0.690 bits per heavy atom. The van der Waals surface area contributed by atoms with Gasteiger partial charge < -0.3 is 9.47 Å². The van der Waals surface area contributed by atoms with Gasteiger partial charge in [0.05, 0.1) is 14.2 Å². The van der Waals surface area contributed by atoms with Gasteiger partial charge in [-0.1, -0.05) is 0 Å². The van der Waals surface area contributed by atoms with E-state index in [1.165, 1.54) is 11.1 Å². The number of hydrogen-bond donors (Lipinski definition) is 4. The third-order valence-electron chi connectivity index (χ3n) is 5.03. The van der Waals surface area contributed by atoms with Gasteiger partial charge in [0, 0.05) is 56.8 Å². The summed E-state index contributed by atoms with van der Waals surface area (Å²) >= 11 is 22.2. The molecule has 1 saturated heterocycles. The second kappa shape index (κ2) is 10.6. The molecule has 3 rings (SSSR count). The van der Waals surface area contributed by atoms with E-state index in [-0.39, 0.29) is 4.08 Å². The highest BCUT2D eigenvalue weighted by Crippen LogP contribution is 2.58. The molecular weight excluding hydrogens is 477 g/mol. The number of hydrogen-bond acceptors (Lipinski definition) is 8. The van der Waals surface area contributed by atoms with E-state index in [1.54, 1.807) is 14.2 Å². The maximum atomic E-state index is 5.67. The summed E-state index contributed by atoms with van der Waals surface area (Å²) in [5, 5.41) is 0. The Morgan fingerprint density at radius 3 is 1.24 bits per heavy atom. The first-order valence-electron chi connectivity index (χ1n) is 9.20. The zero-order valence-corrected chi connectivity index (χ0v) is 21.7. The summed E-state index contributed by atoms with van der Waals surface area (Å²) in [6, 6.07) is 8.98. The SMILES string of the molecule is COc1c(CS)cc(C2(c3cc(CS)c(OC)c(CS)c3)SCCS2)cc1CS. The third kappa shape index (κ3) is 4.53. The molecule has 2 nitrogen and oxygen atoms in total. The fraction of sp³-hybridized carbons (Fsp3) is 0.429. The summed E-state index contributed by atoms with van der Waals surface area (Å²) in [4.78, 5) is 0. The Bertz CT molecular complexity index is 749. The van der Waals surface area contributed by atoms with Crippen molar-refractivity contribution in [3.05, 3.63) is 57.6 Å². The number of thioether (sulfide) groups is 2. The molecule has 2 aromatic rings. The zero-order valence-electron chi connectivity index (χ0n) is 16.5. The van der Waals surface area contributed by atoms with Gasteiger partial charge in [-0.2, -0.15) is 50.5 Å². The van der Waals surface area contributed by atoms with Crippen molar-refractivity contribution >= 4 is 74.0 Å². The average molecular weight is 503 g/mol. The molecule has 158 valence electrons. The van der Waals surface area contributed by atoms with Crippen LogP contribution in [0.25, 0.3) is 0 Å². The van der Waals surface area contributed by atoms with E-state index in [0.717, 1.165) is 45.3 Å². The molecule has 1 heterocycles. The number of ether oxygens (including phenoxy) is 2. The summed E-state index contributed by atoms with van der Waals surface area (Å²) < 4.78 is 11.1. The van der Waals surface area contributed by atoms with Crippen LogP contribution < -0.4 is 9.47 Å². The van der Waals surface area contributed by atoms with Gasteiger partial charge in [-0.15, -0.1) is 23.5 Å². The molecule has 0 amide bonds. The molecule has 0 atom stereocenters. The van der Waals surface area contributed by atoms with Crippen LogP contribution in [0, 0.1) is 0 Å². The van der Waals surface area contributed by atoms with E-state index in [0.29, 0.717) is 23.0 Å². The Labute approximate surface area is 204 Å². The van der Waals surface area contributed by atoms with Gasteiger partial charge in [-0.05, 0) is 35.4 Å². The first-order chi connectivity index (χ1) is 14.1. The Hall–Kier alpha value is 0.140. The van der Waals surface area contributed by atoms with E-state index in [9.17, 15) is 0 Å². The first kappa shape index (κ1) is 23.8. The molecule has 1 aliphatic heterocycles. The molecule has 0 bridgehead atoms. The lowest BCUT2D eigenvalue weighted by Crippen LogP contribution is -2.19. The maximum absolute atomic E-state index is 5.67. The summed E-state index contributed by atoms with van der Waals surface area (Å²) in [7, 11) is 3.43. The summed E-state index contributed by atoms with van der Waals surface area (Å²) in [6.45, 7) is 0. The van der Waals surface area contributed by atoms with Crippen LogP contribution >= 0.6 is 74.0 Å². The molecule has 0 saturated carbocycles. The Kier molecular flexibility index (Phi) is 8.73. The van der Waals surface area contributed by atoms with Gasteiger partial charge in [0.25, 0.3) is 0 Å². The normalized spacial score (nSPS) is 15.5. The Balaban J connectivity index is 2.25. The standard InChI is InChI=1S/C21H26O2S6/c1-22-19-13(9-24)5-17(6-14(19)10-25)21(28-3-4-29-21)18-7-15(11-26)20(23-2)16(8-18)12-27/h5-8,24-27H,3-4,9-12H2,1-2H3. The van der Waals surface area contributed by atoms with Crippen molar-refractivity contribution in [1.82, 2.24) is 0 Å². The quantitative estimate of drug-likeness (QED) is 0.327. The second-order valence-electron chi connectivity index (χ2n) is 6.60. The lowest BCUT2D eigenvalue weighted by Gasteiger charge is -2.31. The van der Waals surface area contributed by atoms with Crippen LogP contribution in [0.1, 0.15) is 33.4 Å². The van der Waals surface area contributed by atoms with Gasteiger partial charge in [0.1, 0.15) is 15.6 Å². The van der Waals surface area contributed by atoms with Crippen LogP contribution in [0.3, 0.4) is 0 Å². The van der Waals surface area contributed by atoms with Crippen molar-refractivity contribution in [3.63, 3.8) is 0 Å². The maximum Gasteiger partial charge on any atom is 0.126 e. The van der Waals surface area contributed by atoms with E-state index >= 15 is 0 Å². The minimum Gasteiger partial charge on any atom is -0.496 e. The molecule has 8 heteroatoms. The van der Waals surface area contributed by atoms with Gasteiger partial charge in [0.2, 0.25) is 0 Å². The number of methoxy groups -OCH3 is 2. The topological polar surface area (TPSA) is 18.5 Å². The van der Waals surface area contributed by atoms with Crippen LogP contribution in [0.15, 0.2) is 24.3 Å². The van der Waals surface area contributed by atoms with Crippen molar-refractivity contribution in [2.45, 2.75) is 27.1 Å². The van der Waals surface area contributed by atoms with E-state index in [1.807, 2.05) is 23.5 Å². The number of benzene rings is 2. The molecule has 29 heavy (non-hydrogen) atoms. The molecule has 0 aromatic heterocycles. The highest BCUT2D eigenvalue weighted by Gasteiger charge is 2.41. The molecule has 0 N–H and O–H groups in total. The van der Waals surface area contributed by atoms with Crippen LogP contribution in [-0.4, -0.2) is 25.7 Å². The molecule has 0 unspecified atom stereocenters. The van der Waals surface area contributed by atoms with E-state index < -0.39 is 0 Å². The van der Waals surface area contributed by atoms with Crippen molar-refractivity contribution in [1.29, 1.82) is 0 Å². The van der Waals surface area contributed by atoms with Crippen molar-refractivity contribution in [3.8, 4) is 11.5 Å². The van der Waals surface area contributed by atoms with Crippen LogP contribution in [0.4, 0.5) is 0 Å². The number of thiol groups is 4. The summed E-state index contributed by atoms with van der Waals surface area (Å²) in [6.07, 6.45) is 0. The fourth-order valence-corrected chi connectivity index (χ4v) is 7.95. The summed E-state index contributed by atoms with van der Waals surface area (Å²) in [5.41, 5.74) is 6.92. The molecular formula is C21H26O2S6. The van der Waals surface area contributed by atoms with E-state index in [2.05, 4.69) is 74.8 Å². The van der Waals surface area contributed by atoms with Gasteiger partial charge >= 0.3 is 0 Å². The van der Waals surface area contributed by atoms with E-state index in [4.69, 9.17) is 9.47 Å². The minimum absolute atomic E-state index is 0.191. The average Bonchev–Trinajstić information content (AvgIpc) is 3.27. The predicted octanol–water partition coefficient (Wildman–Crippen LogP) is 6.10. The van der Waals surface area contributed by atoms with Crippen molar-refractivity contribution < 1.29 is 9.47 Å². The second-order valence-corrected chi connectivity index (χ2v) is 10.7. The monoisotopic (exact) mass is 502 g/mol. The number of rotatable bonds is 8. The minimum atomic E-state index is -0.191. The lowest BCUT2D eigenvalue weighted by atomic mass is 9.95. The van der Waals surface area contributed by atoms with Gasteiger partial charge in [0.15, 0.2) is 0 Å². The van der Waals surface area contributed by atoms with Crippen LogP contribution in [0.5, 0.6) is 11.5 Å². The molecule has 1 fully saturated rings. The molecule has 0 radical (unpaired) electrons. The van der Waals surface area contributed by atoms with Gasteiger partial charge in [-0.25, -0.2) is 0 Å². The third-order valence-corrected chi connectivity index (χ3v) is 9.93.